The van der Waals surface area contributed by atoms with Crippen LogP contribution >= 0.6 is 0 Å². The lowest BCUT2D eigenvalue weighted by molar-refractivity contribution is 0.0998. The number of aromatic nitrogens is 2. The van der Waals surface area contributed by atoms with Crippen molar-refractivity contribution < 1.29 is 13.9 Å². The van der Waals surface area contributed by atoms with E-state index in [2.05, 4.69) is 5.32 Å². The highest BCUT2D eigenvalue weighted by Crippen LogP contribution is 2.28. The molecule has 4 aromatic rings. The molecule has 0 spiro atoms. The molecule has 0 radical (unpaired) electrons. The summed E-state index contributed by atoms with van der Waals surface area (Å²) in [5.41, 5.74) is 1.74. The van der Waals surface area contributed by atoms with Crippen LogP contribution in [0.3, 0.4) is 0 Å². The van der Waals surface area contributed by atoms with Crippen molar-refractivity contribution >= 4 is 22.6 Å². The van der Waals surface area contributed by atoms with Crippen LogP contribution in [0, 0.1) is 6.92 Å². The lowest BCUT2D eigenvalue weighted by atomic mass is 10.2. The highest BCUT2D eigenvalue weighted by molar-refractivity contribution is 6.05. The first-order valence-electron chi connectivity index (χ1n) is 8.73. The lowest BCUT2D eigenvalue weighted by Crippen LogP contribution is -2.22. The Morgan fingerprint density at radius 3 is 2.57 bits per heavy atom. The third kappa shape index (κ3) is 2.77. The summed E-state index contributed by atoms with van der Waals surface area (Å²) < 4.78 is 14.1. The van der Waals surface area contributed by atoms with E-state index < -0.39 is 5.91 Å². The molecule has 28 heavy (non-hydrogen) atoms. The number of hydrogen-bond acceptors (Lipinski definition) is 4. The van der Waals surface area contributed by atoms with Gasteiger partial charge in [0.2, 0.25) is 0 Å². The maximum Gasteiger partial charge on any atom is 0.295 e. The van der Waals surface area contributed by atoms with Crippen LogP contribution in [0.1, 0.15) is 16.2 Å². The number of carbonyl (C=O) groups excluding carboxylic acids is 1. The summed E-state index contributed by atoms with van der Waals surface area (Å²) >= 11 is 0. The smallest absolute Gasteiger partial charge is 0.295 e. The van der Waals surface area contributed by atoms with Crippen molar-refractivity contribution in [2.45, 2.75) is 6.92 Å². The molecule has 0 fully saturated rings. The zero-order valence-electron chi connectivity index (χ0n) is 15.7. The Labute approximate surface area is 160 Å². The van der Waals surface area contributed by atoms with Gasteiger partial charge in [0.05, 0.1) is 18.5 Å². The number of ether oxygens (including phenoxy) is 1. The topological polar surface area (TPSA) is 78.4 Å². The highest BCUT2D eigenvalue weighted by atomic mass is 16.5. The van der Waals surface area contributed by atoms with Crippen molar-refractivity contribution in [3.05, 3.63) is 76.4 Å². The number of methoxy groups -OCH3 is 1. The summed E-state index contributed by atoms with van der Waals surface area (Å²) in [4.78, 5) is 25.7. The number of carbonyl (C=O) groups is 1. The SMILES string of the molecule is COc1cccc2cc(C(=O)Nc3c(C)n(C)n(-c4ccccc4)c3=O)oc12. The van der Waals surface area contributed by atoms with Gasteiger partial charge >= 0.3 is 0 Å². The normalized spacial score (nSPS) is 11.0. The zero-order valence-corrected chi connectivity index (χ0v) is 15.7. The minimum atomic E-state index is -0.496. The molecule has 7 heteroatoms. The lowest BCUT2D eigenvalue weighted by Gasteiger charge is -2.07. The Bertz CT molecular complexity index is 1230. The first kappa shape index (κ1) is 17.7. The Balaban J connectivity index is 1.72. The van der Waals surface area contributed by atoms with Gasteiger partial charge in [0.1, 0.15) is 5.69 Å². The molecule has 7 nitrogen and oxygen atoms in total. The Morgan fingerprint density at radius 2 is 1.86 bits per heavy atom. The number of hydrogen-bond donors (Lipinski definition) is 1. The molecule has 0 saturated heterocycles. The molecule has 2 heterocycles. The molecule has 1 N–H and O–H groups in total. The summed E-state index contributed by atoms with van der Waals surface area (Å²) in [6, 6.07) is 16.3. The van der Waals surface area contributed by atoms with Crippen LogP contribution in [0.4, 0.5) is 5.69 Å². The fraction of sp³-hybridized carbons (Fsp3) is 0.143. The van der Waals surface area contributed by atoms with Crippen molar-refractivity contribution in [1.29, 1.82) is 0 Å². The van der Waals surface area contributed by atoms with E-state index in [0.717, 1.165) is 5.39 Å². The van der Waals surface area contributed by atoms with E-state index in [1.54, 1.807) is 30.8 Å². The van der Waals surface area contributed by atoms with Gasteiger partial charge in [0.15, 0.2) is 17.1 Å². The van der Waals surface area contributed by atoms with Gasteiger partial charge in [-0.15, -0.1) is 0 Å². The van der Waals surface area contributed by atoms with Crippen molar-refractivity contribution in [3.63, 3.8) is 0 Å². The second-order valence-electron chi connectivity index (χ2n) is 6.38. The number of fused-ring (bicyclic) bond motifs is 1. The van der Waals surface area contributed by atoms with Gasteiger partial charge in [0, 0.05) is 12.4 Å². The van der Waals surface area contributed by atoms with Crippen molar-refractivity contribution in [3.8, 4) is 11.4 Å². The van der Waals surface area contributed by atoms with Gasteiger partial charge in [-0.3, -0.25) is 14.3 Å². The molecule has 0 unspecified atom stereocenters. The Morgan fingerprint density at radius 1 is 1.11 bits per heavy atom. The third-order valence-corrected chi connectivity index (χ3v) is 4.74. The number of anilines is 1. The van der Waals surface area contributed by atoms with Gasteiger partial charge in [0.25, 0.3) is 11.5 Å². The monoisotopic (exact) mass is 377 g/mol. The second kappa shape index (κ2) is 6.77. The molecule has 4 rings (SSSR count). The molecule has 0 bridgehead atoms. The van der Waals surface area contributed by atoms with Crippen LogP contribution in [0.15, 0.2) is 63.8 Å². The van der Waals surface area contributed by atoms with Crippen LogP contribution in [0.5, 0.6) is 5.75 Å². The number of amides is 1. The van der Waals surface area contributed by atoms with Crippen LogP contribution in [-0.4, -0.2) is 22.4 Å². The minimum absolute atomic E-state index is 0.105. The van der Waals surface area contributed by atoms with Gasteiger partial charge in [-0.25, -0.2) is 4.68 Å². The minimum Gasteiger partial charge on any atom is -0.493 e. The molecular weight excluding hydrogens is 358 g/mol. The van der Waals surface area contributed by atoms with E-state index in [1.807, 2.05) is 42.5 Å². The van der Waals surface area contributed by atoms with Gasteiger partial charge in [-0.2, -0.15) is 0 Å². The van der Waals surface area contributed by atoms with E-state index in [9.17, 15) is 9.59 Å². The standard InChI is InChI=1S/C21H19N3O4/c1-13-18(21(26)24(23(13)2)15-9-5-4-6-10-15)22-20(25)17-12-14-8-7-11-16(27-3)19(14)28-17/h4-12H,1-3H3,(H,22,25). The fourth-order valence-electron chi connectivity index (χ4n) is 3.20. The van der Waals surface area contributed by atoms with E-state index in [0.29, 0.717) is 22.7 Å². The molecule has 2 aromatic heterocycles. The maximum atomic E-state index is 12.9. The average molecular weight is 377 g/mol. The van der Waals surface area contributed by atoms with E-state index in [-0.39, 0.29) is 17.0 Å². The van der Waals surface area contributed by atoms with Crippen LogP contribution in [0.2, 0.25) is 0 Å². The molecule has 0 aliphatic heterocycles. The summed E-state index contributed by atoms with van der Waals surface area (Å²) in [5.74, 6) is 0.150. The Hall–Kier alpha value is -3.74. The quantitative estimate of drug-likeness (QED) is 0.590. The van der Waals surface area contributed by atoms with Crippen molar-refractivity contribution in [1.82, 2.24) is 9.36 Å². The van der Waals surface area contributed by atoms with Gasteiger partial charge in [-0.1, -0.05) is 30.3 Å². The molecular formula is C21H19N3O4. The van der Waals surface area contributed by atoms with Crippen LogP contribution in [-0.2, 0) is 7.05 Å². The van der Waals surface area contributed by atoms with E-state index in [1.165, 1.54) is 11.8 Å². The first-order valence-corrected chi connectivity index (χ1v) is 8.73. The van der Waals surface area contributed by atoms with Gasteiger partial charge in [-0.05, 0) is 31.2 Å². The zero-order chi connectivity index (χ0) is 19.8. The maximum absolute atomic E-state index is 12.9. The number of para-hydroxylation sites is 2. The molecule has 142 valence electrons. The molecule has 1 amide bonds. The number of furan rings is 1. The number of nitrogens with one attached hydrogen (secondary N) is 1. The predicted octanol–water partition coefficient (Wildman–Crippen LogP) is 3.49. The summed E-state index contributed by atoms with van der Waals surface area (Å²) in [5, 5.41) is 3.44. The molecule has 0 aliphatic carbocycles. The largest absolute Gasteiger partial charge is 0.493 e. The summed E-state index contributed by atoms with van der Waals surface area (Å²) in [6.45, 7) is 1.78. The summed E-state index contributed by atoms with van der Waals surface area (Å²) in [7, 11) is 3.31. The Kier molecular flexibility index (Phi) is 4.27. The average Bonchev–Trinajstić information content (AvgIpc) is 3.24. The van der Waals surface area contributed by atoms with Crippen molar-refractivity contribution in [2.75, 3.05) is 12.4 Å². The van der Waals surface area contributed by atoms with Crippen molar-refractivity contribution in [2.24, 2.45) is 7.05 Å². The molecule has 0 aliphatic rings. The summed E-state index contributed by atoms with van der Waals surface area (Å²) in [6.07, 6.45) is 0. The molecule has 0 saturated carbocycles. The van der Waals surface area contributed by atoms with E-state index in [4.69, 9.17) is 9.15 Å². The third-order valence-electron chi connectivity index (χ3n) is 4.74. The highest BCUT2D eigenvalue weighted by Gasteiger charge is 2.21. The number of benzene rings is 2. The number of rotatable bonds is 4. The first-order chi connectivity index (χ1) is 13.5. The van der Waals surface area contributed by atoms with Crippen LogP contribution in [0.25, 0.3) is 16.7 Å². The van der Waals surface area contributed by atoms with E-state index >= 15 is 0 Å². The fourth-order valence-corrected chi connectivity index (χ4v) is 3.20. The molecule has 0 atom stereocenters. The number of nitrogens with zero attached hydrogens (tertiary/aromatic N) is 2. The predicted molar refractivity (Wildman–Crippen MR) is 106 cm³/mol. The van der Waals surface area contributed by atoms with Crippen LogP contribution < -0.4 is 15.6 Å². The second-order valence-corrected chi connectivity index (χ2v) is 6.38. The van der Waals surface area contributed by atoms with Gasteiger partial charge < -0.3 is 14.5 Å². The molecule has 2 aromatic carbocycles.